The van der Waals surface area contributed by atoms with Crippen LogP contribution in [0.4, 0.5) is 8.78 Å². The first kappa shape index (κ1) is 23.1. The number of alkyl halides is 3. The molecular weight excluding hydrogens is 418 g/mol. The van der Waals surface area contributed by atoms with Gasteiger partial charge in [-0.15, -0.1) is 11.6 Å². The summed E-state index contributed by atoms with van der Waals surface area (Å²) in [6.07, 6.45) is -0.491. The van der Waals surface area contributed by atoms with Crippen molar-refractivity contribution in [2.24, 2.45) is 0 Å². The van der Waals surface area contributed by atoms with Crippen LogP contribution in [0.2, 0.25) is 0 Å². The number of hydrogen-bond donors (Lipinski definition) is 0. The van der Waals surface area contributed by atoms with Crippen LogP contribution in [-0.2, 0) is 11.8 Å². The van der Waals surface area contributed by atoms with Crippen LogP contribution in [0.15, 0.2) is 78.9 Å². The van der Waals surface area contributed by atoms with Gasteiger partial charge in [0.1, 0.15) is 23.1 Å². The van der Waals surface area contributed by atoms with Crippen LogP contribution < -0.4 is 9.47 Å². The average molecular weight is 445 g/mol. The third-order valence-electron chi connectivity index (χ3n) is 5.20. The van der Waals surface area contributed by atoms with Crippen LogP contribution in [0.3, 0.4) is 0 Å². The number of para-hydroxylation sites is 1. The van der Waals surface area contributed by atoms with Crippen molar-refractivity contribution >= 4 is 11.6 Å². The van der Waals surface area contributed by atoms with Gasteiger partial charge in [0, 0.05) is 0 Å². The van der Waals surface area contributed by atoms with E-state index in [1.54, 1.807) is 12.1 Å². The average Bonchev–Trinajstić information content (AvgIpc) is 2.75. The Morgan fingerprint density at radius 2 is 1.48 bits per heavy atom. The van der Waals surface area contributed by atoms with Crippen LogP contribution in [0, 0.1) is 0 Å². The van der Waals surface area contributed by atoms with Gasteiger partial charge in [0.15, 0.2) is 0 Å². The summed E-state index contributed by atoms with van der Waals surface area (Å²) >= 11 is 5.22. The van der Waals surface area contributed by atoms with Crippen molar-refractivity contribution in [3.8, 4) is 17.2 Å². The molecule has 0 atom stereocenters. The molecule has 0 amide bonds. The van der Waals surface area contributed by atoms with Crippen LogP contribution in [0.5, 0.6) is 17.2 Å². The molecule has 0 aliphatic heterocycles. The number of ether oxygens (including phenoxy) is 2. The molecule has 0 fully saturated rings. The van der Waals surface area contributed by atoms with Crippen molar-refractivity contribution < 1.29 is 18.3 Å². The Hall–Kier alpha value is -2.59. The molecule has 0 aliphatic carbocycles. The molecule has 0 aliphatic rings. The van der Waals surface area contributed by atoms with E-state index in [4.69, 9.17) is 16.3 Å². The highest BCUT2D eigenvalue weighted by molar-refractivity contribution is 6.18. The summed E-state index contributed by atoms with van der Waals surface area (Å²) < 4.78 is 37.1. The smallest absolute Gasteiger partial charge is 0.411 e. The molecule has 164 valence electrons. The van der Waals surface area contributed by atoms with Gasteiger partial charge >= 0.3 is 6.11 Å². The monoisotopic (exact) mass is 444 g/mol. The van der Waals surface area contributed by atoms with Crippen molar-refractivity contribution in [1.82, 2.24) is 0 Å². The molecule has 0 heterocycles. The van der Waals surface area contributed by atoms with Crippen LogP contribution in [-0.4, -0.2) is 12.0 Å². The fourth-order valence-electron chi connectivity index (χ4n) is 3.44. The third kappa shape index (κ3) is 6.96. The largest absolute Gasteiger partial charge is 0.457 e. The van der Waals surface area contributed by atoms with E-state index < -0.39 is 12.0 Å². The van der Waals surface area contributed by atoms with Crippen molar-refractivity contribution in [2.75, 3.05) is 5.88 Å². The second kappa shape index (κ2) is 10.1. The van der Waals surface area contributed by atoms with E-state index in [0.29, 0.717) is 0 Å². The summed E-state index contributed by atoms with van der Waals surface area (Å²) in [6.45, 7) is 4.32. The van der Waals surface area contributed by atoms with E-state index in [1.807, 2.05) is 54.6 Å². The Morgan fingerprint density at radius 3 is 2.16 bits per heavy atom. The predicted molar refractivity (Wildman–Crippen MR) is 122 cm³/mol. The maximum atomic E-state index is 13.3. The lowest BCUT2D eigenvalue weighted by atomic mass is 9.80. The van der Waals surface area contributed by atoms with Gasteiger partial charge in [-0.25, -0.2) is 0 Å². The Kier molecular flexibility index (Phi) is 7.55. The van der Waals surface area contributed by atoms with E-state index in [2.05, 4.69) is 30.7 Å². The lowest BCUT2D eigenvalue weighted by molar-refractivity contribution is -0.155. The summed E-state index contributed by atoms with van der Waals surface area (Å²) in [4.78, 5) is 0. The molecule has 3 aromatic rings. The molecule has 0 bridgehead atoms. The number of hydrogen-bond acceptors (Lipinski definition) is 2. The second-order valence-electron chi connectivity index (χ2n) is 8.20. The van der Waals surface area contributed by atoms with Gasteiger partial charge in [-0.05, 0) is 72.2 Å². The zero-order valence-electron chi connectivity index (χ0n) is 17.8. The third-order valence-corrected chi connectivity index (χ3v) is 5.51. The van der Waals surface area contributed by atoms with Gasteiger partial charge in [-0.2, -0.15) is 8.78 Å². The molecule has 0 saturated heterocycles. The molecule has 5 heteroatoms. The van der Waals surface area contributed by atoms with Crippen LogP contribution in [0.1, 0.15) is 37.8 Å². The molecule has 3 aromatic carbocycles. The molecule has 0 aromatic heterocycles. The molecule has 3 rings (SSSR count). The lowest BCUT2D eigenvalue weighted by Gasteiger charge is -2.26. The standard InChI is InChI=1S/C26H27ClF2O2/c1-25(2,21-13-15-23(16-14-21)31-26(28,29)19-27)17-7-9-20-8-6-12-24(18-20)30-22-10-4-3-5-11-22/h3-6,8,10-16,18H,7,9,17,19H2,1-2H3. The zero-order valence-corrected chi connectivity index (χ0v) is 18.5. The van der Waals surface area contributed by atoms with Crippen molar-refractivity contribution in [2.45, 2.75) is 44.6 Å². The molecule has 0 spiro atoms. The van der Waals surface area contributed by atoms with Crippen molar-refractivity contribution in [3.05, 3.63) is 90.0 Å². The Bertz CT molecular complexity index is 957. The fourth-order valence-corrected chi connectivity index (χ4v) is 3.50. The topological polar surface area (TPSA) is 18.5 Å². The number of rotatable bonds is 10. The summed E-state index contributed by atoms with van der Waals surface area (Å²) in [5.41, 5.74) is 2.21. The van der Waals surface area contributed by atoms with E-state index in [9.17, 15) is 8.78 Å². The Morgan fingerprint density at radius 1 is 0.806 bits per heavy atom. The van der Waals surface area contributed by atoms with Crippen LogP contribution >= 0.6 is 11.6 Å². The minimum Gasteiger partial charge on any atom is -0.457 e. The van der Waals surface area contributed by atoms with Crippen molar-refractivity contribution in [1.29, 1.82) is 0 Å². The summed E-state index contributed by atoms with van der Waals surface area (Å²) in [6, 6.07) is 24.7. The number of halogens is 3. The molecule has 0 unspecified atom stereocenters. The summed E-state index contributed by atoms with van der Waals surface area (Å²) in [5.74, 6) is 0.877. The molecule has 31 heavy (non-hydrogen) atoms. The van der Waals surface area contributed by atoms with Crippen molar-refractivity contribution in [3.63, 3.8) is 0 Å². The molecule has 0 saturated carbocycles. The highest BCUT2D eigenvalue weighted by atomic mass is 35.5. The van der Waals surface area contributed by atoms with Gasteiger partial charge in [-0.1, -0.05) is 56.3 Å². The number of aryl methyl sites for hydroxylation is 1. The zero-order chi connectivity index (χ0) is 22.3. The highest BCUT2D eigenvalue weighted by Gasteiger charge is 2.30. The summed E-state index contributed by atoms with van der Waals surface area (Å²) in [7, 11) is 0. The quantitative estimate of drug-likeness (QED) is 0.295. The van der Waals surface area contributed by atoms with Gasteiger partial charge in [0.25, 0.3) is 0 Å². The predicted octanol–water partition coefficient (Wildman–Crippen LogP) is 7.99. The Labute approximate surface area is 187 Å². The molecule has 2 nitrogen and oxygen atoms in total. The fraction of sp³-hybridized carbons (Fsp3) is 0.308. The first-order valence-corrected chi connectivity index (χ1v) is 10.9. The van der Waals surface area contributed by atoms with E-state index >= 15 is 0 Å². The SMILES string of the molecule is CC(C)(CCCc1cccc(Oc2ccccc2)c1)c1ccc(OC(F)(F)CCl)cc1. The minimum atomic E-state index is -3.36. The maximum absolute atomic E-state index is 13.3. The maximum Gasteiger partial charge on any atom is 0.411 e. The van der Waals surface area contributed by atoms with Crippen LogP contribution in [0.25, 0.3) is 0 Å². The molecular formula is C26H27ClF2O2. The Balaban J connectivity index is 1.55. The van der Waals surface area contributed by atoms with Gasteiger partial charge in [0.05, 0.1) is 0 Å². The molecule has 0 N–H and O–H groups in total. The first-order valence-electron chi connectivity index (χ1n) is 10.3. The van der Waals surface area contributed by atoms with E-state index in [-0.39, 0.29) is 11.2 Å². The lowest BCUT2D eigenvalue weighted by Crippen LogP contribution is -2.26. The minimum absolute atomic E-state index is 0.0916. The number of benzene rings is 3. The first-order chi connectivity index (χ1) is 14.8. The van der Waals surface area contributed by atoms with E-state index in [0.717, 1.165) is 36.3 Å². The van der Waals surface area contributed by atoms with E-state index in [1.165, 1.54) is 5.56 Å². The normalized spacial score (nSPS) is 11.9. The van der Waals surface area contributed by atoms with Gasteiger partial charge < -0.3 is 9.47 Å². The molecule has 0 radical (unpaired) electrons. The van der Waals surface area contributed by atoms with Gasteiger partial charge in [0.2, 0.25) is 0 Å². The second-order valence-corrected chi connectivity index (χ2v) is 8.46. The van der Waals surface area contributed by atoms with Gasteiger partial charge in [-0.3, -0.25) is 0 Å². The summed E-state index contributed by atoms with van der Waals surface area (Å²) in [5, 5.41) is 0. The highest BCUT2D eigenvalue weighted by Crippen LogP contribution is 2.32.